The molecule has 0 unspecified atom stereocenters. The lowest BCUT2D eigenvalue weighted by molar-refractivity contribution is -0.140. The van der Waals surface area contributed by atoms with Crippen molar-refractivity contribution < 1.29 is 18.0 Å². The molecule has 4 aromatic rings. The Morgan fingerprint density at radius 2 is 1.43 bits per heavy atom. The number of carbonyl (C=O) groups excluding carboxylic acids is 2. The number of sulfonamides is 1. The number of nitrogens with zero attached hydrogens (tertiary/aromatic N) is 2. The van der Waals surface area contributed by atoms with Crippen molar-refractivity contribution in [2.24, 2.45) is 0 Å². The lowest BCUT2D eigenvalue weighted by Gasteiger charge is -2.35. The molecule has 0 aromatic heterocycles. The molecule has 7 nitrogen and oxygen atoms in total. The van der Waals surface area contributed by atoms with Crippen molar-refractivity contribution >= 4 is 43.5 Å². The number of nitrogens with one attached hydrogen (secondary N) is 1. The molecular formula is C37H42BrN3O4S. The predicted octanol–water partition coefficient (Wildman–Crippen LogP) is 7.12. The predicted molar refractivity (Wildman–Crippen MR) is 188 cm³/mol. The molecule has 0 aliphatic rings. The smallest absolute Gasteiger partial charge is 0.264 e. The highest BCUT2D eigenvalue weighted by Crippen LogP contribution is 2.29. The Morgan fingerprint density at radius 1 is 0.804 bits per heavy atom. The molecule has 0 bridgehead atoms. The van der Waals surface area contributed by atoms with Crippen LogP contribution in [-0.4, -0.2) is 43.3 Å². The van der Waals surface area contributed by atoms with E-state index in [4.69, 9.17) is 0 Å². The molecule has 0 aliphatic heterocycles. The summed E-state index contributed by atoms with van der Waals surface area (Å²) in [6.07, 6.45) is 0.247. The number of carbonyl (C=O) groups is 2. The third-order valence-electron chi connectivity index (χ3n) is 7.52. The van der Waals surface area contributed by atoms with Gasteiger partial charge in [0.05, 0.1) is 10.6 Å². The summed E-state index contributed by atoms with van der Waals surface area (Å²) >= 11 is 3.52. The van der Waals surface area contributed by atoms with Gasteiger partial charge in [0.2, 0.25) is 11.8 Å². The first kappa shape index (κ1) is 34.9. The summed E-state index contributed by atoms with van der Waals surface area (Å²) in [6, 6.07) is 28.2. The maximum Gasteiger partial charge on any atom is 0.264 e. The van der Waals surface area contributed by atoms with E-state index in [-0.39, 0.29) is 23.8 Å². The van der Waals surface area contributed by atoms with Crippen LogP contribution in [0.2, 0.25) is 0 Å². The first-order chi connectivity index (χ1) is 21.6. The van der Waals surface area contributed by atoms with E-state index in [9.17, 15) is 18.0 Å². The van der Waals surface area contributed by atoms with Gasteiger partial charge in [-0.1, -0.05) is 93.8 Å². The maximum absolute atomic E-state index is 14.7. The monoisotopic (exact) mass is 703 g/mol. The maximum atomic E-state index is 14.7. The van der Waals surface area contributed by atoms with Crippen LogP contribution in [-0.2, 0) is 32.6 Å². The lowest BCUT2D eigenvalue weighted by atomic mass is 10.0. The van der Waals surface area contributed by atoms with Crippen molar-refractivity contribution in [3.8, 4) is 0 Å². The molecule has 0 spiro atoms. The van der Waals surface area contributed by atoms with Crippen LogP contribution in [0.25, 0.3) is 0 Å². The molecule has 0 saturated carbocycles. The number of hydrogen-bond acceptors (Lipinski definition) is 4. The molecule has 1 atom stereocenters. The minimum atomic E-state index is -4.17. The standard InChI is InChI=1S/C37H42BrN3O4S/c1-26-15-18-32(19-16-26)46(44,45)41(33-20-17-27(2)21-28(33)3)25-35(42)40(24-30-13-10-14-31(38)22-30)34(36(43)39-37(4,5)6)23-29-11-8-7-9-12-29/h7-22,34H,23-25H2,1-6H3,(H,39,43)/t34-/m0/s1. The zero-order valence-corrected chi connectivity index (χ0v) is 29.7. The molecule has 9 heteroatoms. The highest BCUT2D eigenvalue weighted by molar-refractivity contribution is 9.10. The Bertz CT molecular complexity index is 1790. The number of amides is 2. The molecule has 4 aromatic carbocycles. The molecule has 0 heterocycles. The molecule has 242 valence electrons. The van der Waals surface area contributed by atoms with Crippen LogP contribution in [0.4, 0.5) is 5.69 Å². The van der Waals surface area contributed by atoms with E-state index >= 15 is 0 Å². The van der Waals surface area contributed by atoms with Gasteiger partial charge in [0, 0.05) is 23.0 Å². The Labute approximate surface area is 281 Å². The summed E-state index contributed by atoms with van der Waals surface area (Å²) in [5.74, 6) is -0.820. The minimum absolute atomic E-state index is 0.0794. The van der Waals surface area contributed by atoms with Crippen LogP contribution in [0.15, 0.2) is 106 Å². The molecule has 0 fully saturated rings. The average Bonchev–Trinajstić information content (AvgIpc) is 2.98. The summed E-state index contributed by atoms with van der Waals surface area (Å²) in [6.45, 7) is 10.9. The second-order valence-corrected chi connectivity index (χ2v) is 15.5. The van der Waals surface area contributed by atoms with E-state index < -0.39 is 34.1 Å². The first-order valence-electron chi connectivity index (χ1n) is 15.2. The third kappa shape index (κ3) is 9.07. The third-order valence-corrected chi connectivity index (χ3v) is 9.79. The largest absolute Gasteiger partial charge is 0.350 e. The molecule has 0 radical (unpaired) electrons. The molecule has 0 aliphatic carbocycles. The zero-order chi connectivity index (χ0) is 33.6. The van der Waals surface area contributed by atoms with Crippen molar-refractivity contribution in [2.75, 3.05) is 10.8 Å². The fraction of sp³-hybridized carbons (Fsp3) is 0.297. The number of benzene rings is 4. The van der Waals surface area contributed by atoms with Gasteiger partial charge in [-0.2, -0.15) is 0 Å². The van der Waals surface area contributed by atoms with Crippen LogP contribution in [0.5, 0.6) is 0 Å². The van der Waals surface area contributed by atoms with E-state index in [2.05, 4.69) is 21.2 Å². The Balaban J connectivity index is 1.84. The van der Waals surface area contributed by atoms with E-state index in [0.717, 1.165) is 26.7 Å². The van der Waals surface area contributed by atoms with Gasteiger partial charge in [0.25, 0.3) is 10.0 Å². The Kier molecular flexibility index (Phi) is 11.1. The number of aryl methyl sites for hydroxylation is 3. The van der Waals surface area contributed by atoms with Gasteiger partial charge in [0.15, 0.2) is 0 Å². The molecular weight excluding hydrogens is 662 g/mol. The van der Waals surface area contributed by atoms with E-state index in [1.807, 2.05) is 108 Å². The van der Waals surface area contributed by atoms with Crippen molar-refractivity contribution in [2.45, 2.75) is 71.0 Å². The van der Waals surface area contributed by atoms with Crippen molar-refractivity contribution in [1.82, 2.24) is 10.2 Å². The van der Waals surface area contributed by atoms with Crippen molar-refractivity contribution in [1.29, 1.82) is 0 Å². The van der Waals surface area contributed by atoms with Gasteiger partial charge in [-0.15, -0.1) is 0 Å². The van der Waals surface area contributed by atoms with Crippen LogP contribution in [0.3, 0.4) is 0 Å². The number of rotatable bonds is 11. The molecule has 0 saturated heterocycles. The summed E-state index contributed by atoms with van der Waals surface area (Å²) in [5, 5.41) is 3.06. The van der Waals surface area contributed by atoms with Crippen molar-refractivity contribution in [3.63, 3.8) is 0 Å². The zero-order valence-electron chi connectivity index (χ0n) is 27.2. The summed E-state index contributed by atoms with van der Waals surface area (Å²) in [4.78, 5) is 30.3. The van der Waals surface area contributed by atoms with Crippen LogP contribution in [0, 0.1) is 20.8 Å². The topological polar surface area (TPSA) is 86.8 Å². The summed E-state index contributed by atoms with van der Waals surface area (Å²) in [7, 11) is -4.17. The number of halogens is 1. The van der Waals surface area contributed by atoms with Gasteiger partial charge in [-0.25, -0.2) is 8.42 Å². The quantitative estimate of drug-likeness (QED) is 0.180. The second kappa shape index (κ2) is 14.6. The van der Waals surface area contributed by atoms with E-state index in [1.165, 1.54) is 9.21 Å². The number of anilines is 1. The van der Waals surface area contributed by atoms with Crippen LogP contribution >= 0.6 is 15.9 Å². The molecule has 4 rings (SSSR count). The summed E-state index contributed by atoms with van der Waals surface area (Å²) < 4.78 is 30.6. The first-order valence-corrected chi connectivity index (χ1v) is 17.4. The van der Waals surface area contributed by atoms with Gasteiger partial charge in [-0.3, -0.25) is 13.9 Å². The fourth-order valence-corrected chi connectivity index (χ4v) is 7.20. The van der Waals surface area contributed by atoms with E-state index in [1.54, 1.807) is 30.3 Å². The Hall–Kier alpha value is -3.95. The Morgan fingerprint density at radius 3 is 2.04 bits per heavy atom. The fourth-order valence-electron chi connectivity index (χ4n) is 5.27. The van der Waals surface area contributed by atoms with Crippen LogP contribution in [0.1, 0.15) is 48.6 Å². The van der Waals surface area contributed by atoms with Crippen molar-refractivity contribution in [3.05, 3.63) is 129 Å². The number of hydrogen-bond donors (Lipinski definition) is 1. The molecule has 1 N–H and O–H groups in total. The lowest BCUT2D eigenvalue weighted by Crippen LogP contribution is -2.56. The molecule has 46 heavy (non-hydrogen) atoms. The van der Waals surface area contributed by atoms with E-state index in [0.29, 0.717) is 11.3 Å². The van der Waals surface area contributed by atoms with Gasteiger partial charge < -0.3 is 10.2 Å². The SMILES string of the molecule is Cc1ccc(S(=O)(=O)N(CC(=O)N(Cc2cccc(Br)c2)[C@@H](Cc2ccccc2)C(=O)NC(C)(C)C)c2ccc(C)cc2C)cc1. The average molecular weight is 705 g/mol. The van der Waals surface area contributed by atoms with Gasteiger partial charge in [-0.05, 0) is 88.6 Å². The van der Waals surface area contributed by atoms with Gasteiger partial charge in [0.1, 0.15) is 12.6 Å². The van der Waals surface area contributed by atoms with Crippen LogP contribution < -0.4 is 9.62 Å². The highest BCUT2D eigenvalue weighted by Gasteiger charge is 2.36. The highest BCUT2D eigenvalue weighted by atomic mass is 79.9. The second-order valence-electron chi connectivity index (χ2n) is 12.7. The molecule has 2 amide bonds. The van der Waals surface area contributed by atoms with Gasteiger partial charge >= 0.3 is 0 Å². The normalized spacial score (nSPS) is 12.3. The summed E-state index contributed by atoms with van der Waals surface area (Å²) in [5.41, 5.74) is 4.12. The minimum Gasteiger partial charge on any atom is -0.350 e.